The number of ether oxygens (including phenoxy) is 1. The Balaban J connectivity index is 1.80. The number of thiophene rings is 1. The number of alkyl halides is 6. The fraction of sp³-hybridized carbons (Fsp3) is 0.154. The standard InChI is InChI=1S/C26H17F7N2O4S2/c1-39-19-8-5-14(41(2)38)11-16(19)23(36)35-21-15-6-3-12(25(28,29)30)9-20(15)40-22(21)24(37)34-13-4-7-18(27)17(10-13)26(31,32)33/h3-11H,1-2H3,(H,34,37)(H,35,36). The van der Waals surface area contributed by atoms with E-state index in [4.69, 9.17) is 4.74 Å². The van der Waals surface area contributed by atoms with E-state index in [1.165, 1.54) is 31.6 Å². The molecule has 2 N–H and O–H groups in total. The second kappa shape index (κ2) is 11.1. The summed E-state index contributed by atoms with van der Waals surface area (Å²) < 4.78 is 110. The normalized spacial score (nSPS) is 12.7. The summed E-state index contributed by atoms with van der Waals surface area (Å²) in [5.74, 6) is -3.46. The van der Waals surface area contributed by atoms with Gasteiger partial charge in [-0.3, -0.25) is 13.8 Å². The van der Waals surface area contributed by atoms with Crippen LogP contribution in [0.1, 0.15) is 31.2 Å². The summed E-state index contributed by atoms with van der Waals surface area (Å²) in [6.45, 7) is 0. The van der Waals surface area contributed by atoms with E-state index in [0.717, 1.165) is 24.3 Å². The molecule has 0 aliphatic carbocycles. The van der Waals surface area contributed by atoms with Gasteiger partial charge in [0, 0.05) is 37.7 Å². The Bertz CT molecular complexity index is 1700. The Morgan fingerprint density at radius 1 is 0.878 bits per heavy atom. The molecule has 0 bridgehead atoms. The minimum atomic E-state index is -5.06. The maximum Gasteiger partial charge on any atom is 0.419 e. The van der Waals surface area contributed by atoms with E-state index in [9.17, 15) is 44.5 Å². The molecule has 0 spiro atoms. The van der Waals surface area contributed by atoms with Gasteiger partial charge in [0.2, 0.25) is 0 Å². The highest BCUT2D eigenvalue weighted by atomic mass is 32.2. The van der Waals surface area contributed by atoms with E-state index in [2.05, 4.69) is 10.6 Å². The Hall–Kier alpha value is -3.98. The Morgan fingerprint density at radius 3 is 2.20 bits per heavy atom. The average Bonchev–Trinajstić information content (AvgIpc) is 3.25. The van der Waals surface area contributed by atoms with Crippen LogP contribution in [0.2, 0.25) is 0 Å². The number of fused-ring (bicyclic) bond motifs is 1. The van der Waals surface area contributed by atoms with Crippen LogP contribution < -0.4 is 15.4 Å². The third-order valence-electron chi connectivity index (χ3n) is 5.74. The molecule has 1 aromatic heterocycles. The molecule has 3 aromatic carbocycles. The maximum atomic E-state index is 13.7. The van der Waals surface area contributed by atoms with Gasteiger partial charge in [0.25, 0.3) is 11.8 Å². The van der Waals surface area contributed by atoms with Crippen LogP contribution in [0.5, 0.6) is 5.75 Å². The monoisotopic (exact) mass is 618 g/mol. The molecule has 0 saturated heterocycles. The smallest absolute Gasteiger partial charge is 0.419 e. The van der Waals surface area contributed by atoms with Gasteiger partial charge in [-0.1, -0.05) is 6.07 Å². The van der Waals surface area contributed by atoms with Gasteiger partial charge in [0.15, 0.2) is 0 Å². The van der Waals surface area contributed by atoms with Gasteiger partial charge < -0.3 is 15.4 Å². The Labute approximate surface area is 233 Å². The topological polar surface area (TPSA) is 84.5 Å². The first-order valence-electron chi connectivity index (χ1n) is 11.2. The van der Waals surface area contributed by atoms with Crippen molar-refractivity contribution in [2.75, 3.05) is 24.0 Å². The van der Waals surface area contributed by atoms with Crippen molar-refractivity contribution in [1.29, 1.82) is 0 Å². The number of methoxy groups -OCH3 is 1. The second-order valence-electron chi connectivity index (χ2n) is 8.43. The van der Waals surface area contributed by atoms with Crippen LogP contribution in [-0.2, 0) is 23.2 Å². The predicted molar refractivity (Wildman–Crippen MR) is 139 cm³/mol. The van der Waals surface area contributed by atoms with Gasteiger partial charge in [-0.05, 0) is 48.5 Å². The molecule has 0 aliphatic rings. The van der Waals surface area contributed by atoms with Crippen LogP contribution in [-0.4, -0.2) is 29.4 Å². The van der Waals surface area contributed by atoms with Crippen LogP contribution in [0.4, 0.5) is 42.1 Å². The summed E-state index contributed by atoms with van der Waals surface area (Å²) in [5.41, 5.74) is -3.47. The van der Waals surface area contributed by atoms with Crippen molar-refractivity contribution < 1.29 is 49.3 Å². The van der Waals surface area contributed by atoms with Gasteiger partial charge in [-0.15, -0.1) is 11.3 Å². The van der Waals surface area contributed by atoms with E-state index >= 15 is 0 Å². The number of anilines is 2. The highest BCUT2D eigenvalue weighted by molar-refractivity contribution is 7.84. The van der Waals surface area contributed by atoms with Crippen molar-refractivity contribution in [3.05, 3.63) is 82.0 Å². The Kier molecular flexibility index (Phi) is 8.14. The second-order valence-corrected chi connectivity index (χ2v) is 10.9. The zero-order valence-electron chi connectivity index (χ0n) is 20.8. The quantitative estimate of drug-likeness (QED) is 0.222. The van der Waals surface area contributed by atoms with Gasteiger partial charge in [0.1, 0.15) is 16.4 Å². The summed E-state index contributed by atoms with van der Waals surface area (Å²) in [7, 11) is -0.226. The molecule has 0 fully saturated rings. The molecule has 0 saturated carbocycles. The van der Waals surface area contributed by atoms with Gasteiger partial charge in [0.05, 0.1) is 29.5 Å². The van der Waals surface area contributed by atoms with E-state index in [1.54, 1.807) is 0 Å². The highest BCUT2D eigenvalue weighted by Gasteiger charge is 2.35. The summed E-state index contributed by atoms with van der Waals surface area (Å²) in [6.07, 6.45) is -8.42. The fourth-order valence-corrected chi connectivity index (χ4v) is 5.43. The van der Waals surface area contributed by atoms with Crippen molar-refractivity contribution >= 4 is 55.4 Å². The first-order valence-corrected chi connectivity index (χ1v) is 13.6. The van der Waals surface area contributed by atoms with E-state index in [0.29, 0.717) is 23.5 Å². The number of hydrogen-bond acceptors (Lipinski definition) is 5. The van der Waals surface area contributed by atoms with Crippen molar-refractivity contribution in [3.63, 3.8) is 0 Å². The minimum Gasteiger partial charge on any atom is -0.496 e. The molecule has 41 heavy (non-hydrogen) atoms. The number of nitrogens with one attached hydrogen (secondary N) is 2. The number of carbonyl (C=O) groups excluding carboxylic acids is 2. The molecule has 0 radical (unpaired) electrons. The first-order chi connectivity index (χ1) is 19.1. The van der Waals surface area contributed by atoms with Gasteiger partial charge in [-0.25, -0.2) is 4.39 Å². The van der Waals surface area contributed by atoms with Crippen LogP contribution in [0.15, 0.2) is 59.5 Å². The van der Waals surface area contributed by atoms with Gasteiger partial charge >= 0.3 is 12.4 Å². The number of rotatable bonds is 6. The van der Waals surface area contributed by atoms with Crippen molar-refractivity contribution in [2.24, 2.45) is 0 Å². The van der Waals surface area contributed by atoms with E-state index in [-0.39, 0.29) is 36.9 Å². The Morgan fingerprint density at radius 2 is 1.59 bits per heavy atom. The molecule has 2 amide bonds. The van der Waals surface area contributed by atoms with Crippen LogP contribution in [0, 0.1) is 5.82 Å². The largest absolute Gasteiger partial charge is 0.496 e. The zero-order chi connectivity index (χ0) is 30.3. The lowest BCUT2D eigenvalue weighted by atomic mass is 10.1. The zero-order valence-corrected chi connectivity index (χ0v) is 22.4. The summed E-state index contributed by atoms with van der Waals surface area (Å²) in [5, 5.41) is 4.67. The molecule has 0 aliphatic heterocycles. The molecule has 6 nitrogen and oxygen atoms in total. The maximum absolute atomic E-state index is 13.7. The van der Waals surface area contributed by atoms with Gasteiger partial charge in [-0.2, -0.15) is 26.3 Å². The molecule has 15 heteroatoms. The number of amides is 2. The number of benzene rings is 3. The van der Waals surface area contributed by atoms with Crippen molar-refractivity contribution in [3.8, 4) is 5.75 Å². The lowest BCUT2D eigenvalue weighted by Crippen LogP contribution is -2.18. The molecule has 1 heterocycles. The van der Waals surface area contributed by atoms with Crippen molar-refractivity contribution in [1.82, 2.24) is 0 Å². The molecule has 1 atom stereocenters. The number of hydrogen-bond donors (Lipinski definition) is 2. The molecule has 1 unspecified atom stereocenters. The van der Waals surface area contributed by atoms with Crippen molar-refractivity contribution in [2.45, 2.75) is 17.2 Å². The number of halogens is 7. The lowest BCUT2D eigenvalue weighted by molar-refractivity contribution is -0.140. The average molecular weight is 619 g/mol. The molecule has 4 rings (SSSR count). The van der Waals surface area contributed by atoms with Crippen LogP contribution >= 0.6 is 11.3 Å². The summed E-state index contributed by atoms with van der Waals surface area (Å²) in [4.78, 5) is 26.4. The number of carbonyl (C=O) groups is 2. The van der Waals surface area contributed by atoms with E-state index < -0.39 is 57.6 Å². The summed E-state index contributed by atoms with van der Waals surface area (Å²) >= 11 is 0.547. The highest BCUT2D eigenvalue weighted by Crippen LogP contribution is 2.41. The third kappa shape index (κ3) is 6.35. The van der Waals surface area contributed by atoms with Crippen LogP contribution in [0.25, 0.3) is 10.1 Å². The fourth-order valence-electron chi connectivity index (χ4n) is 3.79. The lowest BCUT2D eigenvalue weighted by Gasteiger charge is -2.13. The summed E-state index contributed by atoms with van der Waals surface area (Å²) in [6, 6.07) is 8.38. The molecule has 216 valence electrons. The van der Waals surface area contributed by atoms with E-state index in [1.807, 2.05) is 0 Å². The third-order valence-corrected chi connectivity index (χ3v) is 7.81. The van der Waals surface area contributed by atoms with Crippen LogP contribution in [0.3, 0.4) is 0 Å². The molecular weight excluding hydrogens is 601 g/mol. The first kappa shape index (κ1) is 30.0. The molecule has 4 aromatic rings. The molecular formula is C26H17F7N2O4S2. The minimum absolute atomic E-state index is 0.0331. The predicted octanol–water partition coefficient (Wildman–Crippen LogP) is 7.33. The SMILES string of the molecule is COc1ccc(S(C)=O)cc1C(=O)Nc1c(C(=O)Nc2ccc(F)c(C(F)(F)F)c2)sc2cc(C(F)(F)F)ccc12.